The van der Waals surface area contributed by atoms with Crippen LogP contribution in [-0.2, 0) is 16.4 Å². The molecule has 0 atom stereocenters. The van der Waals surface area contributed by atoms with Gasteiger partial charge in [0.15, 0.2) is 5.78 Å². The number of hydrogen-bond donors (Lipinski definition) is 0. The first-order valence-corrected chi connectivity index (χ1v) is 9.22. The van der Waals surface area contributed by atoms with E-state index in [1.165, 1.54) is 30.6 Å². The van der Waals surface area contributed by atoms with E-state index in [4.69, 9.17) is 0 Å². The summed E-state index contributed by atoms with van der Waals surface area (Å²) in [4.78, 5) is 15.8. The molecule has 0 aliphatic heterocycles. The molecule has 1 aliphatic rings. The van der Waals surface area contributed by atoms with Crippen LogP contribution in [0.5, 0.6) is 0 Å². The van der Waals surface area contributed by atoms with E-state index in [1.807, 2.05) is 0 Å². The number of ketones is 1. The first kappa shape index (κ1) is 16.6. The van der Waals surface area contributed by atoms with Gasteiger partial charge in [0.1, 0.15) is 16.5 Å². The standard InChI is InChI=1S/C18H12F2N2O3S/c19-11-3-4-13(15(20)8-11)17-9-14-16(5-6-18(14)23)22(17)26(24,25)12-2-1-7-21-10-12/h1-4,7-10H,5-6H2. The Morgan fingerprint density at radius 3 is 2.54 bits per heavy atom. The fourth-order valence-electron chi connectivity index (χ4n) is 3.14. The monoisotopic (exact) mass is 374 g/mol. The summed E-state index contributed by atoms with van der Waals surface area (Å²) in [6.07, 6.45) is 3.04. The molecule has 2 aromatic heterocycles. The van der Waals surface area contributed by atoms with Crippen LogP contribution < -0.4 is 0 Å². The zero-order chi connectivity index (χ0) is 18.5. The molecule has 0 N–H and O–H groups in total. The van der Waals surface area contributed by atoms with Gasteiger partial charge in [-0.15, -0.1) is 0 Å². The quantitative estimate of drug-likeness (QED) is 0.706. The predicted octanol–water partition coefficient (Wildman–Crippen LogP) is 3.19. The van der Waals surface area contributed by atoms with Crippen molar-refractivity contribution in [1.29, 1.82) is 0 Å². The third-order valence-corrected chi connectivity index (χ3v) is 6.06. The van der Waals surface area contributed by atoms with E-state index in [2.05, 4.69) is 4.98 Å². The molecule has 26 heavy (non-hydrogen) atoms. The van der Waals surface area contributed by atoms with Crippen molar-refractivity contribution in [2.24, 2.45) is 0 Å². The molecular weight excluding hydrogens is 362 g/mol. The van der Waals surface area contributed by atoms with Gasteiger partial charge in [-0.05, 0) is 36.8 Å². The Morgan fingerprint density at radius 2 is 1.85 bits per heavy atom. The molecule has 0 amide bonds. The van der Waals surface area contributed by atoms with E-state index in [-0.39, 0.29) is 40.3 Å². The Kier molecular flexibility index (Phi) is 3.73. The van der Waals surface area contributed by atoms with Gasteiger partial charge in [-0.3, -0.25) is 9.78 Å². The fraction of sp³-hybridized carbons (Fsp3) is 0.111. The van der Waals surface area contributed by atoms with Gasteiger partial charge in [0, 0.05) is 41.7 Å². The largest absolute Gasteiger partial charge is 0.294 e. The molecule has 0 saturated carbocycles. The van der Waals surface area contributed by atoms with E-state index in [0.717, 1.165) is 16.1 Å². The Morgan fingerprint density at radius 1 is 1.04 bits per heavy atom. The van der Waals surface area contributed by atoms with Crippen LogP contribution in [0.1, 0.15) is 22.5 Å². The molecule has 3 aromatic rings. The summed E-state index contributed by atoms with van der Waals surface area (Å²) in [6.45, 7) is 0. The van der Waals surface area contributed by atoms with E-state index < -0.39 is 21.7 Å². The Balaban J connectivity index is 2.03. The molecule has 5 nitrogen and oxygen atoms in total. The molecule has 2 heterocycles. The van der Waals surface area contributed by atoms with E-state index in [0.29, 0.717) is 11.8 Å². The molecule has 0 unspecified atom stereocenters. The minimum absolute atomic E-state index is 0.00981. The smallest absolute Gasteiger partial charge is 0.269 e. The van der Waals surface area contributed by atoms with Crippen LogP contribution in [0, 0.1) is 11.6 Å². The van der Waals surface area contributed by atoms with Crippen molar-refractivity contribution in [3.05, 3.63) is 71.7 Å². The first-order valence-electron chi connectivity index (χ1n) is 7.78. The molecule has 0 spiro atoms. The number of Topliss-reactive ketones (excluding diaryl/α,β-unsaturated/α-hetero) is 1. The Hall–Kier alpha value is -2.87. The van der Waals surface area contributed by atoms with Gasteiger partial charge in [0.2, 0.25) is 0 Å². The molecule has 0 fully saturated rings. The van der Waals surface area contributed by atoms with Crippen LogP contribution >= 0.6 is 0 Å². The number of carbonyl (C=O) groups excluding carboxylic acids is 1. The van der Waals surface area contributed by atoms with E-state index >= 15 is 0 Å². The van der Waals surface area contributed by atoms with Gasteiger partial charge in [-0.1, -0.05) is 0 Å². The highest BCUT2D eigenvalue weighted by atomic mass is 32.2. The number of halogens is 2. The van der Waals surface area contributed by atoms with Crippen LogP contribution in [0.25, 0.3) is 11.3 Å². The number of fused-ring (bicyclic) bond motifs is 1. The van der Waals surface area contributed by atoms with Crippen LogP contribution in [0.3, 0.4) is 0 Å². The van der Waals surface area contributed by atoms with Crippen molar-refractivity contribution in [2.45, 2.75) is 17.7 Å². The Bertz CT molecular complexity index is 1140. The molecule has 1 aliphatic carbocycles. The fourth-order valence-corrected chi connectivity index (χ4v) is 4.69. The number of rotatable bonds is 3. The van der Waals surface area contributed by atoms with E-state index in [1.54, 1.807) is 0 Å². The number of hydrogen-bond acceptors (Lipinski definition) is 4. The average Bonchev–Trinajstić information content (AvgIpc) is 3.16. The van der Waals surface area contributed by atoms with Gasteiger partial charge < -0.3 is 0 Å². The minimum Gasteiger partial charge on any atom is -0.294 e. The summed E-state index contributed by atoms with van der Waals surface area (Å²) in [7, 11) is -4.11. The van der Waals surface area contributed by atoms with Crippen LogP contribution in [0.4, 0.5) is 8.78 Å². The third kappa shape index (κ3) is 2.45. The molecule has 0 radical (unpaired) electrons. The maximum atomic E-state index is 14.3. The molecule has 8 heteroatoms. The number of carbonyl (C=O) groups is 1. The number of benzene rings is 1. The second-order valence-electron chi connectivity index (χ2n) is 5.90. The number of nitrogens with zero attached hydrogens (tertiary/aromatic N) is 2. The lowest BCUT2D eigenvalue weighted by atomic mass is 10.1. The summed E-state index contributed by atoms with van der Waals surface area (Å²) in [5, 5.41) is 0. The third-order valence-electron chi connectivity index (χ3n) is 4.32. The second-order valence-corrected chi connectivity index (χ2v) is 7.68. The summed E-state index contributed by atoms with van der Waals surface area (Å²) >= 11 is 0. The van der Waals surface area contributed by atoms with Crippen LogP contribution in [0.15, 0.2) is 53.7 Å². The highest BCUT2D eigenvalue weighted by Gasteiger charge is 2.33. The minimum atomic E-state index is -4.11. The van der Waals surface area contributed by atoms with Crippen molar-refractivity contribution in [3.63, 3.8) is 0 Å². The zero-order valence-corrected chi connectivity index (χ0v) is 14.1. The lowest BCUT2D eigenvalue weighted by Gasteiger charge is -2.14. The molecule has 1 aromatic carbocycles. The lowest BCUT2D eigenvalue weighted by molar-refractivity contribution is 0.0994. The normalized spacial score (nSPS) is 13.8. The van der Waals surface area contributed by atoms with Crippen LogP contribution in [-0.4, -0.2) is 23.2 Å². The highest BCUT2D eigenvalue weighted by molar-refractivity contribution is 7.90. The van der Waals surface area contributed by atoms with Crippen molar-refractivity contribution in [3.8, 4) is 11.3 Å². The summed E-state index contributed by atoms with van der Waals surface area (Å²) < 4.78 is 54.9. The molecular formula is C18H12F2N2O3S. The van der Waals surface area contributed by atoms with Crippen molar-refractivity contribution in [1.82, 2.24) is 8.96 Å². The first-order chi connectivity index (χ1) is 12.4. The van der Waals surface area contributed by atoms with Gasteiger partial charge in [-0.25, -0.2) is 21.2 Å². The molecule has 4 rings (SSSR count). The van der Waals surface area contributed by atoms with E-state index in [9.17, 15) is 22.0 Å². The molecule has 0 bridgehead atoms. The number of pyridine rings is 1. The Labute approximate surface area is 148 Å². The SMILES string of the molecule is O=C1CCc2c1cc(-c1ccc(F)cc1F)n2S(=O)(=O)c1cccnc1. The highest BCUT2D eigenvalue weighted by Crippen LogP contribution is 2.36. The lowest BCUT2D eigenvalue weighted by Crippen LogP contribution is -2.17. The molecule has 132 valence electrons. The maximum Gasteiger partial charge on any atom is 0.269 e. The van der Waals surface area contributed by atoms with Gasteiger partial charge in [0.05, 0.1) is 5.69 Å². The summed E-state index contributed by atoms with van der Waals surface area (Å²) in [5.74, 6) is -1.89. The zero-order valence-electron chi connectivity index (χ0n) is 13.3. The van der Waals surface area contributed by atoms with Gasteiger partial charge in [-0.2, -0.15) is 0 Å². The van der Waals surface area contributed by atoms with Crippen LogP contribution in [0.2, 0.25) is 0 Å². The van der Waals surface area contributed by atoms with Crippen molar-refractivity contribution in [2.75, 3.05) is 0 Å². The second kappa shape index (κ2) is 5.84. The van der Waals surface area contributed by atoms with Gasteiger partial charge in [0.25, 0.3) is 10.0 Å². The van der Waals surface area contributed by atoms with Crippen molar-refractivity contribution >= 4 is 15.8 Å². The topological polar surface area (TPSA) is 69.0 Å². The van der Waals surface area contributed by atoms with Gasteiger partial charge >= 0.3 is 0 Å². The molecule has 0 saturated heterocycles. The maximum absolute atomic E-state index is 14.3. The predicted molar refractivity (Wildman–Crippen MR) is 89.3 cm³/mol. The summed E-state index contributed by atoms with van der Waals surface area (Å²) in [5.41, 5.74) is 0.444. The summed E-state index contributed by atoms with van der Waals surface area (Å²) in [6, 6.07) is 7.08. The average molecular weight is 374 g/mol. The van der Waals surface area contributed by atoms with Crippen molar-refractivity contribution < 1.29 is 22.0 Å². The number of aromatic nitrogens is 2.